The molecule has 1 heterocycles. The minimum absolute atomic E-state index is 0.0616. The van der Waals surface area contributed by atoms with Crippen molar-refractivity contribution in [3.05, 3.63) is 42.5 Å². The molecule has 1 aliphatic rings. The zero-order valence-corrected chi connectivity index (χ0v) is 14.5. The molecule has 0 saturated heterocycles. The van der Waals surface area contributed by atoms with Gasteiger partial charge in [-0.1, -0.05) is 38.0 Å². The van der Waals surface area contributed by atoms with Gasteiger partial charge < -0.3 is 5.32 Å². The van der Waals surface area contributed by atoms with Crippen molar-refractivity contribution in [2.24, 2.45) is 0 Å². The molecule has 0 spiro atoms. The largest absolute Gasteiger partial charge is 0.354 e. The van der Waals surface area contributed by atoms with Crippen molar-refractivity contribution in [1.29, 1.82) is 0 Å². The maximum atomic E-state index is 12.8. The van der Waals surface area contributed by atoms with Gasteiger partial charge in [0.2, 0.25) is 15.9 Å². The van der Waals surface area contributed by atoms with Crippen LogP contribution in [0, 0.1) is 0 Å². The molecule has 0 aromatic heterocycles. The second kappa shape index (κ2) is 7.72. The number of hydrogen-bond donors (Lipinski definition) is 1. The van der Waals surface area contributed by atoms with Crippen molar-refractivity contribution in [3.8, 4) is 0 Å². The van der Waals surface area contributed by atoms with E-state index < -0.39 is 27.8 Å². The van der Waals surface area contributed by atoms with Crippen LogP contribution in [0.1, 0.15) is 36.5 Å². The maximum absolute atomic E-state index is 12.8. The van der Waals surface area contributed by atoms with Gasteiger partial charge in [0.15, 0.2) is 11.8 Å². The third kappa shape index (κ3) is 3.42. The first-order valence-corrected chi connectivity index (χ1v) is 9.42. The summed E-state index contributed by atoms with van der Waals surface area (Å²) in [6.07, 6.45) is 4.11. The fourth-order valence-corrected chi connectivity index (χ4v) is 4.42. The highest BCUT2D eigenvalue weighted by atomic mass is 32.2. The van der Waals surface area contributed by atoms with E-state index in [4.69, 9.17) is 0 Å². The van der Waals surface area contributed by atoms with Gasteiger partial charge in [-0.15, -0.1) is 6.58 Å². The zero-order chi connectivity index (χ0) is 17.7. The molecule has 6 nitrogen and oxygen atoms in total. The molecule has 0 bridgehead atoms. The lowest BCUT2D eigenvalue weighted by Gasteiger charge is -2.33. The Bertz CT molecular complexity index is 743. The van der Waals surface area contributed by atoms with E-state index in [9.17, 15) is 18.0 Å². The van der Waals surface area contributed by atoms with Gasteiger partial charge in [-0.3, -0.25) is 9.59 Å². The first kappa shape index (κ1) is 18.4. The van der Waals surface area contributed by atoms with Gasteiger partial charge >= 0.3 is 0 Å². The number of benzene rings is 1. The summed E-state index contributed by atoms with van der Waals surface area (Å²) in [6.45, 7) is 5.89. The Morgan fingerprint density at radius 2 is 2.04 bits per heavy atom. The van der Waals surface area contributed by atoms with Crippen LogP contribution >= 0.6 is 0 Å². The van der Waals surface area contributed by atoms with Crippen LogP contribution in [0.4, 0.5) is 0 Å². The van der Waals surface area contributed by atoms with E-state index >= 15 is 0 Å². The molecular formula is C17H22N2O4S. The molecule has 0 fully saturated rings. The molecule has 24 heavy (non-hydrogen) atoms. The summed E-state index contributed by atoms with van der Waals surface area (Å²) >= 11 is 0. The first-order chi connectivity index (χ1) is 11.4. The number of ketones is 1. The fraction of sp³-hybridized carbons (Fsp3) is 0.412. The minimum atomic E-state index is -3.93. The molecule has 2 rings (SSSR count). The number of nitrogens with zero attached hydrogens (tertiary/aromatic N) is 1. The Morgan fingerprint density at radius 3 is 2.71 bits per heavy atom. The quantitative estimate of drug-likeness (QED) is 0.461. The van der Waals surface area contributed by atoms with Crippen LogP contribution in [0.25, 0.3) is 0 Å². The van der Waals surface area contributed by atoms with Gasteiger partial charge in [0.05, 0.1) is 4.90 Å². The molecule has 0 saturated carbocycles. The molecule has 1 aromatic carbocycles. The average Bonchev–Trinajstić information content (AvgIpc) is 2.57. The smallest absolute Gasteiger partial charge is 0.246 e. The van der Waals surface area contributed by atoms with Crippen molar-refractivity contribution in [2.45, 2.75) is 37.1 Å². The summed E-state index contributed by atoms with van der Waals surface area (Å²) in [5.41, 5.74) is 0.0616. The van der Waals surface area contributed by atoms with Crippen LogP contribution in [0.15, 0.2) is 41.8 Å². The fourth-order valence-electron chi connectivity index (χ4n) is 2.70. The summed E-state index contributed by atoms with van der Waals surface area (Å²) < 4.78 is 26.5. The predicted molar refractivity (Wildman–Crippen MR) is 91.2 cm³/mol. The van der Waals surface area contributed by atoms with E-state index in [1.54, 1.807) is 12.1 Å². The van der Waals surface area contributed by atoms with Gasteiger partial charge in [0, 0.05) is 18.7 Å². The van der Waals surface area contributed by atoms with Gasteiger partial charge in [0.1, 0.15) is 0 Å². The van der Waals surface area contributed by atoms with Crippen LogP contribution in [0.3, 0.4) is 0 Å². The molecule has 1 atom stereocenters. The van der Waals surface area contributed by atoms with E-state index in [0.717, 1.165) is 23.6 Å². The molecule has 1 amide bonds. The summed E-state index contributed by atoms with van der Waals surface area (Å²) in [7, 11) is -3.93. The lowest BCUT2D eigenvalue weighted by Crippen LogP contribution is -2.56. The Labute approximate surface area is 142 Å². The molecular weight excluding hydrogens is 328 g/mol. The van der Waals surface area contributed by atoms with Crippen LogP contribution in [0.5, 0.6) is 0 Å². The molecule has 0 radical (unpaired) electrons. The van der Waals surface area contributed by atoms with E-state index in [1.807, 2.05) is 6.92 Å². The number of carbonyl (C=O) groups excluding carboxylic acids is 2. The predicted octanol–water partition coefficient (Wildman–Crippen LogP) is 1.73. The van der Waals surface area contributed by atoms with Crippen molar-refractivity contribution in [1.82, 2.24) is 9.62 Å². The number of Topliss-reactive ketones (excluding diaryl/α,β-unsaturated/α-hetero) is 1. The third-order valence-electron chi connectivity index (χ3n) is 3.91. The molecule has 1 aliphatic heterocycles. The van der Waals surface area contributed by atoms with E-state index in [0.29, 0.717) is 6.54 Å². The van der Waals surface area contributed by atoms with Crippen LogP contribution < -0.4 is 5.32 Å². The van der Waals surface area contributed by atoms with Crippen LogP contribution in [-0.2, 0) is 14.8 Å². The van der Waals surface area contributed by atoms with Crippen molar-refractivity contribution < 1.29 is 18.0 Å². The highest BCUT2D eigenvalue weighted by Crippen LogP contribution is 2.30. The monoisotopic (exact) mass is 350 g/mol. The normalized spacial score (nSPS) is 19.5. The third-order valence-corrected chi connectivity index (χ3v) is 5.80. The van der Waals surface area contributed by atoms with E-state index in [2.05, 4.69) is 11.9 Å². The number of fused-ring (bicyclic) bond motifs is 1. The summed E-state index contributed by atoms with van der Waals surface area (Å²) in [5, 5.41) is 2.67. The van der Waals surface area contributed by atoms with Crippen molar-refractivity contribution in [2.75, 3.05) is 13.1 Å². The topological polar surface area (TPSA) is 83.6 Å². The number of amides is 1. The molecule has 0 aliphatic carbocycles. The highest BCUT2D eigenvalue weighted by Gasteiger charge is 2.46. The minimum Gasteiger partial charge on any atom is -0.354 e. The summed E-state index contributed by atoms with van der Waals surface area (Å²) in [4.78, 5) is 25.1. The molecule has 1 N–H and O–H groups in total. The highest BCUT2D eigenvalue weighted by molar-refractivity contribution is 7.89. The summed E-state index contributed by atoms with van der Waals surface area (Å²) in [6, 6.07) is 4.59. The lowest BCUT2D eigenvalue weighted by molar-refractivity contribution is -0.123. The standard InChI is InChI=1S/C17H22N2O4S/c1-3-5-8-11-18-17(21)15-16(20)13-9-6-7-10-14(13)24(22,23)19(15)12-4-2/h4,6-7,9-10,15H,2-3,5,8,11-12H2,1H3,(H,18,21). The first-order valence-electron chi connectivity index (χ1n) is 7.98. The lowest BCUT2D eigenvalue weighted by atomic mass is 10.0. The number of nitrogens with one attached hydrogen (secondary N) is 1. The van der Waals surface area contributed by atoms with Crippen LogP contribution in [0.2, 0.25) is 0 Å². The second-order valence-electron chi connectivity index (χ2n) is 5.62. The van der Waals surface area contributed by atoms with Gasteiger partial charge in [-0.05, 0) is 18.6 Å². The van der Waals surface area contributed by atoms with Gasteiger partial charge in [-0.25, -0.2) is 8.42 Å². The van der Waals surface area contributed by atoms with E-state index in [1.165, 1.54) is 18.2 Å². The van der Waals surface area contributed by atoms with Crippen molar-refractivity contribution in [3.63, 3.8) is 0 Å². The van der Waals surface area contributed by atoms with Gasteiger partial charge in [-0.2, -0.15) is 4.31 Å². The Kier molecular flexibility index (Phi) is 5.90. The maximum Gasteiger partial charge on any atom is 0.246 e. The molecule has 7 heteroatoms. The zero-order valence-electron chi connectivity index (χ0n) is 13.7. The molecule has 1 unspecified atom stereocenters. The van der Waals surface area contributed by atoms with Crippen molar-refractivity contribution >= 4 is 21.7 Å². The Morgan fingerprint density at radius 1 is 1.33 bits per heavy atom. The summed E-state index contributed by atoms with van der Waals surface area (Å²) in [5.74, 6) is -1.09. The van der Waals surface area contributed by atoms with E-state index in [-0.39, 0.29) is 17.0 Å². The van der Waals surface area contributed by atoms with Crippen LogP contribution in [-0.4, -0.2) is 43.5 Å². The SMILES string of the molecule is C=CCN1C(C(=O)NCCCCC)C(=O)c2ccccc2S1(=O)=O. The number of hydrogen-bond acceptors (Lipinski definition) is 4. The number of unbranched alkanes of at least 4 members (excludes halogenated alkanes) is 2. The van der Waals surface area contributed by atoms with Gasteiger partial charge in [0.25, 0.3) is 0 Å². The second-order valence-corrected chi connectivity index (χ2v) is 7.48. The molecule has 130 valence electrons. The average molecular weight is 350 g/mol. The number of carbonyl (C=O) groups is 2. The Hall–Kier alpha value is -1.99. The number of sulfonamides is 1. The molecule has 1 aromatic rings. The Balaban J connectivity index is 2.37. The number of rotatable bonds is 7.